The second kappa shape index (κ2) is 7.78. The number of nitrogens with one attached hydrogen (secondary N) is 1. The van der Waals surface area contributed by atoms with Gasteiger partial charge in [-0.05, 0) is 24.1 Å². The number of methoxy groups -OCH3 is 1. The average molecular weight is 375 g/mol. The molecule has 1 aliphatic rings. The van der Waals surface area contributed by atoms with E-state index in [0.717, 1.165) is 28.9 Å². The molecule has 0 saturated carbocycles. The molecule has 0 aliphatic carbocycles. The molecule has 0 amide bonds. The Kier molecular flexibility index (Phi) is 5.04. The zero-order valence-corrected chi connectivity index (χ0v) is 15.6. The molecule has 1 aliphatic heterocycles. The Morgan fingerprint density at radius 2 is 2.00 bits per heavy atom. The van der Waals surface area contributed by atoms with Crippen molar-refractivity contribution in [1.82, 2.24) is 14.9 Å². The van der Waals surface area contributed by atoms with E-state index in [2.05, 4.69) is 9.88 Å². The van der Waals surface area contributed by atoms with E-state index in [-0.39, 0.29) is 11.5 Å². The van der Waals surface area contributed by atoms with Gasteiger partial charge < -0.3 is 9.72 Å². The number of rotatable bonds is 4. The van der Waals surface area contributed by atoms with Gasteiger partial charge in [-0.3, -0.25) is 9.69 Å². The van der Waals surface area contributed by atoms with E-state index in [1.54, 1.807) is 6.07 Å². The first kappa shape index (κ1) is 18.1. The Labute approximate surface area is 162 Å². The van der Waals surface area contributed by atoms with Gasteiger partial charge in [-0.1, -0.05) is 42.5 Å². The Morgan fingerprint density at radius 1 is 1.18 bits per heavy atom. The van der Waals surface area contributed by atoms with Gasteiger partial charge in [0.2, 0.25) is 0 Å². The SMILES string of the molecule is COC(=O)c1cccc(CN2CCc3c(nc(-c4ccccc4)[nH]c3=O)C2)c1. The van der Waals surface area contributed by atoms with E-state index in [4.69, 9.17) is 9.72 Å². The minimum Gasteiger partial charge on any atom is -0.465 e. The maximum absolute atomic E-state index is 12.5. The zero-order chi connectivity index (χ0) is 19.5. The molecule has 0 fully saturated rings. The molecule has 0 unspecified atom stereocenters. The third-order valence-corrected chi connectivity index (χ3v) is 4.95. The van der Waals surface area contributed by atoms with E-state index in [0.29, 0.717) is 30.9 Å². The van der Waals surface area contributed by atoms with Crippen LogP contribution in [0.5, 0.6) is 0 Å². The number of aromatic nitrogens is 2. The molecular weight excluding hydrogens is 354 g/mol. The predicted octanol–water partition coefficient (Wildman–Crippen LogP) is 2.78. The number of aromatic amines is 1. The summed E-state index contributed by atoms with van der Waals surface area (Å²) in [6.07, 6.45) is 0.656. The van der Waals surface area contributed by atoms with Crippen molar-refractivity contribution in [3.05, 3.63) is 87.3 Å². The molecular formula is C22H21N3O3. The van der Waals surface area contributed by atoms with Crippen LogP contribution in [0.2, 0.25) is 0 Å². The topological polar surface area (TPSA) is 75.3 Å². The molecule has 0 saturated heterocycles. The number of nitrogens with zero attached hydrogens (tertiary/aromatic N) is 2. The third-order valence-electron chi connectivity index (χ3n) is 4.95. The quantitative estimate of drug-likeness (QED) is 0.710. The fraction of sp³-hybridized carbons (Fsp3) is 0.227. The average Bonchev–Trinajstić information content (AvgIpc) is 2.73. The molecule has 0 spiro atoms. The predicted molar refractivity (Wildman–Crippen MR) is 106 cm³/mol. The van der Waals surface area contributed by atoms with Crippen LogP contribution in [0, 0.1) is 0 Å². The molecule has 6 nitrogen and oxygen atoms in total. The summed E-state index contributed by atoms with van der Waals surface area (Å²) in [4.78, 5) is 34.1. The summed E-state index contributed by atoms with van der Waals surface area (Å²) < 4.78 is 4.80. The molecule has 28 heavy (non-hydrogen) atoms. The standard InChI is InChI=1S/C22H21N3O3/c1-28-22(27)17-9-5-6-15(12-17)13-25-11-10-18-19(14-25)23-20(24-21(18)26)16-7-3-2-4-8-16/h2-9,12H,10-11,13-14H2,1H3,(H,23,24,26). The van der Waals surface area contributed by atoms with Crippen LogP contribution in [0.15, 0.2) is 59.4 Å². The summed E-state index contributed by atoms with van der Waals surface area (Å²) in [5.41, 5.74) is 3.98. The lowest BCUT2D eigenvalue weighted by Crippen LogP contribution is -2.35. The summed E-state index contributed by atoms with van der Waals surface area (Å²) >= 11 is 0. The fourth-order valence-corrected chi connectivity index (χ4v) is 3.53. The minimum absolute atomic E-state index is 0.0591. The maximum atomic E-state index is 12.5. The van der Waals surface area contributed by atoms with Crippen LogP contribution in [-0.2, 0) is 24.2 Å². The molecule has 0 bridgehead atoms. The second-order valence-electron chi connectivity index (χ2n) is 6.86. The van der Waals surface area contributed by atoms with Crippen molar-refractivity contribution in [3.8, 4) is 11.4 Å². The van der Waals surface area contributed by atoms with Gasteiger partial charge in [0.25, 0.3) is 5.56 Å². The molecule has 0 radical (unpaired) electrons. The van der Waals surface area contributed by atoms with Crippen LogP contribution in [-0.4, -0.2) is 34.5 Å². The smallest absolute Gasteiger partial charge is 0.337 e. The molecule has 1 N–H and O–H groups in total. The Morgan fingerprint density at radius 3 is 2.79 bits per heavy atom. The van der Waals surface area contributed by atoms with Gasteiger partial charge in [0.1, 0.15) is 5.82 Å². The lowest BCUT2D eigenvalue weighted by molar-refractivity contribution is 0.0600. The number of ether oxygens (including phenoxy) is 1. The Balaban J connectivity index is 1.57. The lowest BCUT2D eigenvalue weighted by Gasteiger charge is -2.27. The van der Waals surface area contributed by atoms with Gasteiger partial charge in [0.05, 0.1) is 18.4 Å². The van der Waals surface area contributed by atoms with E-state index in [1.807, 2.05) is 48.5 Å². The largest absolute Gasteiger partial charge is 0.465 e. The number of carbonyl (C=O) groups is 1. The van der Waals surface area contributed by atoms with Crippen molar-refractivity contribution in [1.29, 1.82) is 0 Å². The first-order valence-electron chi connectivity index (χ1n) is 9.21. The van der Waals surface area contributed by atoms with Gasteiger partial charge >= 0.3 is 5.97 Å². The number of carbonyl (C=O) groups excluding carboxylic acids is 1. The normalized spacial score (nSPS) is 13.8. The molecule has 2 heterocycles. The van der Waals surface area contributed by atoms with Gasteiger partial charge in [-0.25, -0.2) is 9.78 Å². The summed E-state index contributed by atoms with van der Waals surface area (Å²) in [5, 5.41) is 0. The molecule has 0 atom stereocenters. The highest BCUT2D eigenvalue weighted by molar-refractivity contribution is 5.89. The number of H-pyrrole nitrogens is 1. The van der Waals surface area contributed by atoms with E-state index in [1.165, 1.54) is 7.11 Å². The number of esters is 1. The summed E-state index contributed by atoms with van der Waals surface area (Å²) in [7, 11) is 1.38. The van der Waals surface area contributed by atoms with Gasteiger partial charge in [-0.2, -0.15) is 0 Å². The summed E-state index contributed by atoms with van der Waals surface area (Å²) in [5.74, 6) is 0.255. The van der Waals surface area contributed by atoms with Crippen molar-refractivity contribution in [3.63, 3.8) is 0 Å². The Hall–Kier alpha value is -3.25. The molecule has 142 valence electrons. The Bertz CT molecular complexity index is 1060. The molecule has 4 rings (SSSR count). The van der Waals surface area contributed by atoms with E-state index >= 15 is 0 Å². The summed E-state index contributed by atoms with van der Waals surface area (Å²) in [6.45, 7) is 2.05. The number of hydrogen-bond donors (Lipinski definition) is 1. The lowest BCUT2D eigenvalue weighted by atomic mass is 10.0. The van der Waals surface area contributed by atoms with Crippen LogP contribution in [0.3, 0.4) is 0 Å². The summed E-state index contributed by atoms with van der Waals surface area (Å²) in [6, 6.07) is 17.1. The first-order chi connectivity index (χ1) is 13.6. The van der Waals surface area contributed by atoms with Gasteiger partial charge in [0.15, 0.2) is 0 Å². The second-order valence-corrected chi connectivity index (χ2v) is 6.86. The number of benzene rings is 2. The zero-order valence-electron chi connectivity index (χ0n) is 15.6. The van der Waals surface area contributed by atoms with Crippen molar-refractivity contribution in [2.24, 2.45) is 0 Å². The highest BCUT2D eigenvalue weighted by atomic mass is 16.5. The molecule has 1 aromatic heterocycles. The fourth-order valence-electron chi connectivity index (χ4n) is 3.53. The van der Waals surface area contributed by atoms with E-state index in [9.17, 15) is 9.59 Å². The van der Waals surface area contributed by atoms with Crippen LogP contribution in [0.1, 0.15) is 27.2 Å². The minimum atomic E-state index is -0.341. The van der Waals surface area contributed by atoms with Crippen LogP contribution in [0.25, 0.3) is 11.4 Å². The van der Waals surface area contributed by atoms with Gasteiger partial charge in [-0.15, -0.1) is 0 Å². The van der Waals surface area contributed by atoms with Crippen LogP contribution < -0.4 is 5.56 Å². The van der Waals surface area contributed by atoms with Crippen LogP contribution in [0.4, 0.5) is 0 Å². The van der Waals surface area contributed by atoms with E-state index < -0.39 is 0 Å². The number of hydrogen-bond acceptors (Lipinski definition) is 5. The monoisotopic (exact) mass is 375 g/mol. The maximum Gasteiger partial charge on any atom is 0.337 e. The van der Waals surface area contributed by atoms with Gasteiger partial charge in [0, 0.05) is 30.8 Å². The first-order valence-corrected chi connectivity index (χ1v) is 9.21. The van der Waals surface area contributed by atoms with Crippen LogP contribution >= 0.6 is 0 Å². The third kappa shape index (κ3) is 3.73. The highest BCUT2D eigenvalue weighted by Crippen LogP contribution is 2.20. The van der Waals surface area contributed by atoms with Crippen molar-refractivity contribution >= 4 is 5.97 Å². The number of fused-ring (bicyclic) bond motifs is 1. The molecule has 6 heteroatoms. The van der Waals surface area contributed by atoms with Crippen molar-refractivity contribution < 1.29 is 9.53 Å². The highest BCUT2D eigenvalue weighted by Gasteiger charge is 2.21. The van der Waals surface area contributed by atoms with Crippen molar-refractivity contribution in [2.45, 2.75) is 19.5 Å². The van der Waals surface area contributed by atoms with Crippen molar-refractivity contribution in [2.75, 3.05) is 13.7 Å². The molecule has 3 aromatic rings. The molecule has 2 aromatic carbocycles.